The fraction of sp³-hybridized carbons (Fsp3) is 0.857. The Balaban J connectivity index is 1.49. The van der Waals surface area contributed by atoms with Crippen LogP contribution in [0.2, 0.25) is 0 Å². The Morgan fingerprint density at radius 2 is 2.00 bits per heavy atom. The van der Waals surface area contributed by atoms with Crippen molar-refractivity contribution in [1.29, 1.82) is 0 Å². The Kier molecular flexibility index (Phi) is 3.70. The predicted octanol–water partition coefficient (Wildman–Crippen LogP) is 0.903. The Morgan fingerprint density at radius 1 is 1.18 bits per heavy atom. The largest absolute Gasteiger partial charge is 0.375 e. The molecule has 2 heterocycles. The second-order valence-electron chi connectivity index (χ2n) is 6.60. The van der Waals surface area contributed by atoms with Gasteiger partial charge in [0.05, 0.1) is 24.1 Å². The van der Waals surface area contributed by atoms with Crippen molar-refractivity contribution < 1.29 is 13.2 Å². The Morgan fingerprint density at radius 3 is 2.73 bits per heavy atom. The molecule has 0 N–H and O–H groups in total. The van der Waals surface area contributed by atoms with E-state index < -0.39 is 10.0 Å². The van der Waals surface area contributed by atoms with Crippen LogP contribution in [0.15, 0.2) is 0 Å². The maximum Gasteiger partial charge on any atom is 0.217 e. The molecule has 3 aliphatic rings. The van der Waals surface area contributed by atoms with Gasteiger partial charge >= 0.3 is 0 Å². The molecule has 0 unspecified atom stereocenters. The summed E-state index contributed by atoms with van der Waals surface area (Å²) in [6, 6.07) is 0. The summed E-state index contributed by atoms with van der Waals surface area (Å²) in [5.41, 5.74) is 1.69. The zero-order valence-corrected chi connectivity index (χ0v) is 13.5. The van der Waals surface area contributed by atoms with E-state index in [1.807, 2.05) is 4.68 Å². The molecule has 8 heteroatoms. The van der Waals surface area contributed by atoms with Gasteiger partial charge in [0.25, 0.3) is 0 Å². The number of ether oxygens (including phenoxy) is 1. The van der Waals surface area contributed by atoms with E-state index in [-0.39, 0.29) is 5.25 Å². The van der Waals surface area contributed by atoms with E-state index in [0.29, 0.717) is 25.6 Å². The summed E-state index contributed by atoms with van der Waals surface area (Å²) in [7, 11) is -3.15. The van der Waals surface area contributed by atoms with Gasteiger partial charge in [-0.25, -0.2) is 13.1 Å². The van der Waals surface area contributed by atoms with Crippen LogP contribution in [0.1, 0.15) is 43.5 Å². The topological polar surface area (TPSA) is 77.3 Å². The zero-order chi connectivity index (χ0) is 15.2. The van der Waals surface area contributed by atoms with Gasteiger partial charge in [0.15, 0.2) is 0 Å². The molecule has 7 nitrogen and oxygen atoms in total. The molecular weight excluding hydrogens is 304 g/mol. The molecular formula is C14H22N4O3S. The highest BCUT2D eigenvalue weighted by atomic mass is 32.2. The second-order valence-corrected chi connectivity index (χ2v) is 8.81. The summed E-state index contributed by atoms with van der Waals surface area (Å²) < 4.78 is 34.2. The van der Waals surface area contributed by atoms with Crippen molar-refractivity contribution in [2.45, 2.75) is 57.1 Å². The Bertz CT molecular complexity index is 649. The minimum atomic E-state index is -3.15. The van der Waals surface area contributed by atoms with Crippen LogP contribution in [0.3, 0.4) is 0 Å². The van der Waals surface area contributed by atoms with Crippen LogP contribution >= 0.6 is 0 Å². The lowest BCUT2D eigenvalue weighted by molar-refractivity contribution is 0.108. The number of hydrogen-bond donors (Lipinski definition) is 0. The average molecular weight is 326 g/mol. The average Bonchev–Trinajstić information content (AvgIpc) is 3.38. The normalized spacial score (nSPS) is 23.3. The van der Waals surface area contributed by atoms with Crippen molar-refractivity contribution in [1.82, 2.24) is 19.3 Å². The molecule has 0 radical (unpaired) electrons. The van der Waals surface area contributed by atoms with Crippen molar-refractivity contribution in [2.24, 2.45) is 5.92 Å². The summed E-state index contributed by atoms with van der Waals surface area (Å²) in [4.78, 5) is 0. The van der Waals surface area contributed by atoms with E-state index in [1.54, 1.807) is 4.31 Å². The van der Waals surface area contributed by atoms with Gasteiger partial charge in [-0.2, -0.15) is 4.31 Å². The summed E-state index contributed by atoms with van der Waals surface area (Å²) in [5, 5.41) is 8.21. The number of nitrogens with zero attached hydrogens (tertiary/aromatic N) is 4. The highest BCUT2D eigenvalue weighted by molar-refractivity contribution is 7.90. The Labute approximate surface area is 130 Å². The summed E-state index contributed by atoms with van der Waals surface area (Å²) in [6.45, 7) is 2.89. The second kappa shape index (κ2) is 5.58. The van der Waals surface area contributed by atoms with E-state index >= 15 is 0 Å². The number of fused-ring (bicyclic) bond motifs is 1. The van der Waals surface area contributed by atoms with Gasteiger partial charge in [0.1, 0.15) is 5.69 Å². The van der Waals surface area contributed by atoms with Gasteiger partial charge in [0, 0.05) is 19.7 Å². The lowest BCUT2D eigenvalue weighted by atomic mass is 10.3. The third-order valence-electron chi connectivity index (χ3n) is 4.62. The molecule has 0 spiro atoms. The van der Waals surface area contributed by atoms with Crippen LogP contribution in [0.4, 0.5) is 0 Å². The molecule has 0 atom stereocenters. The lowest BCUT2D eigenvalue weighted by Gasteiger charge is -2.19. The number of aromatic nitrogens is 3. The SMILES string of the molecule is O=S(=O)(C1CC1)N1CCCn2nnc(COCC3CC3)c2C1. The quantitative estimate of drug-likeness (QED) is 0.776. The summed E-state index contributed by atoms with van der Waals surface area (Å²) in [5.74, 6) is 0.709. The lowest BCUT2D eigenvalue weighted by Crippen LogP contribution is -2.33. The Hall–Kier alpha value is -0.990. The minimum absolute atomic E-state index is 0.163. The number of rotatable bonds is 6. The van der Waals surface area contributed by atoms with Crippen LogP contribution in [0.5, 0.6) is 0 Å². The molecule has 1 aromatic rings. The molecule has 2 saturated carbocycles. The molecule has 22 heavy (non-hydrogen) atoms. The number of aryl methyl sites for hydroxylation is 1. The van der Waals surface area contributed by atoms with Crippen LogP contribution in [0, 0.1) is 5.92 Å². The van der Waals surface area contributed by atoms with E-state index in [0.717, 1.165) is 43.8 Å². The third-order valence-corrected chi connectivity index (χ3v) is 6.96. The summed E-state index contributed by atoms with van der Waals surface area (Å²) in [6.07, 6.45) is 4.89. The molecule has 122 valence electrons. The van der Waals surface area contributed by atoms with Crippen LogP contribution < -0.4 is 0 Å². The van der Waals surface area contributed by atoms with Gasteiger partial charge in [-0.15, -0.1) is 5.10 Å². The van der Waals surface area contributed by atoms with E-state index in [2.05, 4.69) is 10.3 Å². The molecule has 0 saturated heterocycles. The van der Waals surface area contributed by atoms with Gasteiger partial charge < -0.3 is 4.74 Å². The summed E-state index contributed by atoms with van der Waals surface area (Å²) >= 11 is 0. The molecule has 0 aromatic carbocycles. The highest BCUT2D eigenvalue weighted by Gasteiger charge is 2.41. The van der Waals surface area contributed by atoms with E-state index in [1.165, 1.54) is 12.8 Å². The molecule has 0 bridgehead atoms. The fourth-order valence-electron chi connectivity index (χ4n) is 2.88. The molecule has 2 aliphatic carbocycles. The molecule has 4 rings (SSSR count). The first-order chi connectivity index (χ1) is 10.6. The maximum atomic E-state index is 12.5. The molecule has 1 aliphatic heterocycles. The van der Waals surface area contributed by atoms with Crippen LogP contribution in [-0.4, -0.2) is 46.1 Å². The smallest absolute Gasteiger partial charge is 0.217 e. The van der Waals surface area contributed by atoms with Gasteiger partial charge in [-0.3, -0.25) is 0 Å². The first-order valence-corrected chi connectivity index (χ1v) is 9.63. The van der Waals surface area contributed by atoms with Crippen molar-refractivity contribution >= 4 is 10.0 Å². The molecule has 2 fully saturated rings. The first-order valence-electron chi connectivity index (χ1n) is 8.12. The molecule has 1 aromatic heterocycles. The number of hydrogen-bond acceptors (Lipinski definition) is 5. The van der Waals surface area contributed by atoms with Gasteiger partial charge in [0.2, 0.25) is 10.0 Å². The monoisotopic (exact) mass is 326 g/mol. The van der Waals surface area contributed by atoms with Crippen LogP contribution in [-0.2, 0) is 34.5 Å². The van der Waals surface area contributed by atoms with Crippen molar-refractivity contribution in [3.63, 3.8) is 0 Å². The maximum absolute atomic E-state index is 12.5. The van der Waals surface area contributed by atoms with Gasteiger partial charge in [-0.1, -0.05) is 5.21 Å². The van der Waals surface area contributed by atoms with Crippen LogP contribution in [0.25, 0.3) is 0 Å². The third kappa shape index (κ3) is 2.91. The fourth-order valence-corrected chi connectivity index (χ4v) is 4.72. The van der Waals surface area contributed by atoms with Crippen molar-refractivity contribution in [3.8, 4) is 0 Å². The van der Waals surface area contributed by atoms with E-state index in [4.69, 9.17) is 4.74 Å². The first kappa shape index (κ1) is 14.6. The molecule has 0 amide bonds. The van der Waals surface area contributed by atoms with E-state index in [9.17, 15) is 8.42 Å². The highest BCUT2D eigenvalue weighted by Crippen LogP contribution is 2.33. The van der Waals surface area contributed by atoms with Crippen molar-refractivity contribution in [3.05, 3.63) is 11.4 Å². The minimum Gasteiger partial charge on any atom is -0.375 e. The van der Waals surface area contributed by atoms with Gasteiger partial charge in [-0.05, 0) is 38.0 Å². The van der Waals surface area contributed by atoms with Crippen molar-refractivity contribution in [2.75, 3.05) is 13.2 Å². The number of sulfonamides is 1. The standard InChI is InChI=1S/C14H22N4O3S/c19-22(20,12-4-5-12)17-6-1-7-18-14(8-17)13(15-16-18)10-21-9-11-2-3-11/h11-12H,1-10H2. The zero-order valence-electron chi connectivity index (χ0n) is 12.6. The predicted molar refractivity (Wildman–Crippen MR) is 79.4 cm³/mol.